The van der Waals surface area contributed by atoms with Crippen LogP contribution in [-0.2, 0) is 24.6 Å². The summed E-state index contributed by atoms with van der Waals surface area (Å²) >= 11 is 6.41. The molecule has 2 N–H and O–H groups in total. The lowest BCUT2D eigenvalue weighted by Crippen LogP contribution is -2.53. The number of hydrogen-bond acceptors (Lipinski definition) is 7. The van der Waals surface area contributed by atoms with E-state index in [-0.39, 0.29) is 30.3 Å². The summed E-state index contributed by atoms with van der Waals surface area (Å²) in [6, 6.07) is 29.1. The van der Waals surface area contributed by atoms with E-state index in [2.05, 4.69) is 5.43 Å². The third-order valence-electron chi connectivity index (χ3n) is 12.0. The summed E-state index contributed by atoms with van der Waals surface area (Å²) in [4.78, 5) is 72.4. The van der Waals surface area contributed by atoms with Gasteiger partial charge in [-0.2, -0.15) is 5.01 Å². The van der Waals surface area contributed by atoms with Crippen LogP contribution in [0, 0.1) is 29.5 Å². The minimum absolute atomic E-state index is 0.0397. The molecule has 11 heteroatoms. The van der Waals surface area contributed by atoms with E-state index in [1.807, 2.05) is 18.2 Å². The summed E-state index contributed by atoms with van der Waals surface area (Å²) in [6.45, 7) is 1.44. The Kier molecular flexibility index (Phi) is 8.02. The topological polar surface area (TPSA) is 124 Å². The van der Waals surface area contributed by atoms with Gasteiger partial charge in [-0.15, -0.1) is 0 Å². The maximum Gasteiger partial charge on any atom is 0.260 e. The number of aromatic hydroxyl groups is 1. The fourth-order valence-electron chi connectivity index (χ4n) is 9.66. The molecule has 5 aromatic rings. The van der Waals surface area contributed by atoms with Gasteiger partial charge in [0.1, 0.15) is 11.6 Å². The predicted molar refractivity (Wildman–Crippen MR) is 204 cm³/mol. The molecule has 2 heterocycles. The van der Waals surface area contributed by atoms with Gasteiger partial charge in [-0.1, -0.05) is 65.7 Å². The molecule has 9 rings (SSSR count). The van der Waals surface area contributed by atoms with Gasteiger partial charge in [-0.05, 0) is 109 Å². The zero-order valence-corrected chi connectivity index (χ0v) is 30.2. The number of imide groups is 2. The SMILES string of the molecule is CC(=O)c1ccc(N2C(=O)[C@H]3[C@H](CC=C4[C@H]3C[C@H]3C(=O)N(Nc5ccc(F)cc5)C(=O)[C@@]3(c3ccc(Cl)cc3)[C@H]4c3ccc(O)c4ccccc34)C2=O)cc1. The largest absolute Gasteiger partial charge is 0.507 e. The second-order valence-electron chi connectivity index (χ2n) is 14.7. The summed E-state index contributed by atoms with van der Waals surface area (Å²) in [6.07, 6.45) is 2.26. The van der Waals surface area contributed by atoms with Crippen molar-refractivity contribution in [2.24, 2.45) is 23.7 Å². The average Bonchev–Trinajstić information content (AvgIpc) is 3.57. The van der Waals surface area contributed by atoms with E-state index in [1.54, 1.807) is 72.8 Å². The highest BCUT2D eigenvalue weighted by atomic mass is 35.5. The van der Waals surface area contributed by atoms with Crippen molar-refractivity contribution in [1.82, 2.24) is 5.01 Å². The molecule has 0 bridgehead atoms. The van der Waals surface area contributed by atoms with Gasteiger partial charge in [0.2, 0.25) is 11.8 Å². The Morgan fingerprint density at radius 1 is 0.818 bits per heavy atom. The van der Waals surface area contributed by atoms with Gasteiger partial charge in [0.15, 0.2) is 5.78 Å². The van der Waals surface area contributed by atoms with Crippen LogP contribution in [0.15, 0.2) is 121 Å². The molecule has 5 aromatic carbocycles. The number of carbonyl (C=O) groups excluding carboxylic acids is 5. The molecular weight excluding hydrogens is 721 g/mol. The molecule has 1 saturated carbocycles. The van der Waals surface area contributed by atoms with Crippen LogP contribution in [0.1, 0.15) is 47.2 Å². The van der Waals surface area contributed by atoms with Gasteiger partial charge >= 0.3 is 0 Å². The van der Waals surface area contributed by atoms with E-state index in [4.69, 9.17) is 11.6 Å². The van der Waals surface area contributed by atoms with E-state index in [0.717, 1.165) is 10.6 Å². The second kappa shape index (κ2) is 12.7. The smallest absolute Gasteiger partial charge is 0.260 e. The van der Waals surface area contributed by atoms with Crippen molar-refractivity contribution in [3.63, 3.8) is 0 Å². The Bertz CT molecular complexity index is 2500. The maximum absolute atomic E-state index is 15.5. The van der Waals surface area contributed by atoms with Crippen molar-refractivity contribution < 1.29 is 33.5 Å². The Labute approximate surface area is 320 Å². The number of Topliss-reactive ketones (excluding diaryl/α,β-unsaturated/α-hetero) is 1. The number of phenols is 1. The zero-order valence-electron chi connectivity index (χ0n) is 29.4. The number of nitrogens with one attached hydrogen (secondary N) is 1. The standard InChI is InChI=1S/C44H33ClFN3O6/c1-23(50)24-6-16-29(17-7-24)48-40(52)34-19-18-33-35(38(34)42(48)54)22-36-41(53)49(47-28-14-12-27(46)13-15-28)43(55)44(36,25-8-10-26(45)11-9-25)39(33)32-20-21-37(51)31-5-3-2-4-30(31)32/h2-18,20-21,34-36,38-39,47,51H,19,22H2,1H3/t34-,35+,36-,38-,39-,44+/m0/s1. The highest BCUT2D eigenvalue weighted by Gasteiger charge is 2.70. The van der Waals surface area contributed by atoms with Crippen molar-refractivity contribution in [3.8, 4) is 5.75 Å². The molecule has 2 aliphatic heterocycles. The van der Waals surface area contributed by atoms with E-state index in [9.17, 15) is 28.7 Å². The number of hydrazine groups is 1. The van der Waals surface area contributed by atoms with Crippen LogP contribution >= 0.6 is 11.6 Å². The molecule has 0 aromatic heterocycles. The third kappa shape index (κ3) is 5.08. The molecule has 6 atom stereocenters. The Hall–Kier alpha value is -6.13. The Morgan fingerprint density at radius 3 is 2.20 bits per heavy atom. The second-order valence-corrected chi connectivity index (χ2v) is 15.1. The highest BCUT2D eigenvalue weighted by molar-refractivity contribution is 6.30. The lowest BCUT2D eigenvalue weighted by atomic mass is 9.49. The fraction of sp³-hybridized carbons (Fsp3) is 0.205. The highest BCUT2D eigenvalue weighted by Crippen LogP contribution is 2.65. The molecule has 4 aliphatic rings. The first kappa shape index (κ1) is 34.6. The predicted octanol–water partition coefficient (Wildman–Crippen LogP) is 7.73. The van der Waals surface area contributed by atoms with Crippen LogP contribution in [0.4, 0.5) is 15.8 Å². The van der Waals surface area contributed by atoms with Gasteiger partial charge in [0.25, 0.3) is 11.8 Å². The summed E-state index contributed by atoms with van der Waals surface area (Å²) < 4.78 is 13.9. The van der Waals surface area contributed by atoms with Crippen LogP contribution in [0.3, 0.4) is 0 Å². The number of benzene rings is 5. The number of hydrogen-bond donors (Lipinski definition) is 2. The number of phenolic OH excluding ortho intramolecular Hbond substituents is 1. The molecule has 0 radical (unpaired) electrons. The number of fused-ring (bicyclic) bond motifs is 5. The molecule has 2 saturated heterocycles. The molecule has 2 aliphatic carbocycles. The summed E-state index contributed by atoms with van der Waals surface area (Å²) in [5, 5.41) is 13.7. The van der Waals surface area contributed by atoms with E-state index >= 15 is 4.79 Å². The number of anilines is 2. The molecule has 274 valence electrons. The van der Waals surface area contributed by atoms with Gasteiger partial charge in [-0.3, -0.25) is 34.3 Å². The van der Waals surface area contributed by atoms with E-state index in [0.29, 0.717) is 43.9 Å². The number of allylic oxidation sites excluding steroid dienone is 2. The Balaban J connectivity index is 1.26. The van der Waals surface area contributed by atoms with Crippen molar-refractivity contribution in [1.29, 1.82) is 0 Å². The maximum atomic E-state index is 15.5. The number of nitrogens with zero attached hydrogens (tertiary/aromatic N) is 2. The molecule has 0 spiro atoms. The van der Waals surface area contributed by atoms with Gasteiger partial charge in [0, 0.05) is 21.9 Å². The zero-order chi connectivity index (χ0) is 38.3. The number of amides is 4. The van der Waals surface area contributed by atoms with Crippen molar-refractivity contribution in [2.75, 3.05) is 10.3 Å². The first-order valence-corrected chi connectivity index (χ1v) is 18.4. The van der Waals surface area contributed by atoms with Crippen molar-refractivity contribution in [3.05, 3.63) is 148 Å². The third-order valence-corrected chi connectivity index (χ3v) is 12.3. The molecular formula is C44H33ClFN3O6. The van der Waals surface area contributed by atoms with Crippen LogP contribution in [-0.4, -0.2) is 39.5 Å². The molecule has 0 unspecified atom stereocenters. The lowest BCUT2D eigenvalue weighted by Gasteiger charge is -2.51. The van der Waals surface area contributed by atoms with Crippen LogP contribution in [0.25, 0.3) is 10.8 Å². The molecule has 9 nitrogen and oxygen atoms in total. The van der Waals surface area contributed by atoms with Crippen molar-refractivity contribution in [2.45, 2.75) is 31.1 Å². The lowest BCUT2D eigenvalue weighted by molar-refractivity contribution is -0.138. The average molecular weight is 754 g/mol. The van der Waals surface area contributed by atoms with Gasteiger partial charge < -0.3 is 5.11 Å². The summed E-state index contributed by atoms with van der Waals surface area (Å²) in [5.74, 6) is -6.49. The van der Waals surface area contributed by atoms with Crippen LogP contribution < -0.4 is 10.3 Å². The molecule has 3 fully saturated rings. The first-order chi connectivity index (χ1) is 26.5. The number of rotatable bonds is 6. The minimum Gasteiger partial charge on any atom is -0.507 e. The van der Waals surface area contributed by atoms with Crippen LogP contribution in [0.5, 0.6) is 5.75 Å². The molecule has 55 heavy (non-hydrogen) atoms. The monoisotopic (exact) mass is 753 g/mol. The van der Waals surface area contributed by atoms with Gasteiger partial charge in [-0.25, -0.2) is 4.39 Å². The quantitative estimate of drug-likeness (QED) is 0.103. The summed E-state index contributed by atoms with van der Waals surface area (Å²) in [7, 11) is 0. The van der Waals surface area contributed by atoms with E-state index < -0.39 is 58.5 Å². The molecule has 4 amide bonds. The minimum atomic E-state index is -1.57. The first-order valence-electron chi connectivity index (χ1n) is 18.1. The summed E-state index contributed by atoms with van der Waals surface area (Å²) in [5.41, 5.74) is 4.46. The number of halogens is 2. The fourth-order valence-corrected chi connectivity index (χ4v) is 9.78. The Morgan fingerprint density at radius 2 is 1.51 bits per heavy atom. The van der Waals surface area contributed by atoms with Crippen molar-refractivity contribution >= 4 is 63.2 Å². The number of carbonyl (C=O) groups is 5. The van der Waals surface area contributed by atoms with Gasteiger partial charge in [0.05, 0.1) is 34.5 Å². The van der Waals surface area contributed by atoms with Crippen LogP contribution in [0.2, 0.25) is 5.02 Å². The number of ketones is 1. The van der Waals surface area contributed by atoms with E-state index in [1.165, 1.54) is 36.1 Å². The normalized spacial score (nSPS) is 25.8.